The molecule has 0 spiro atoms. The molecule has 2 aromatic heterocycles. The Morgan fingerprint density at radius 2 is 1.39 bits per heavy atom. The number of carbonyl (C=O) groups is 1. The fraction of sp³-hybridized carbons (Fsp3) is 0.189. The van der Waals surface area contributed by atoms with Crippen molar-refractivity contribution in [1.82, 2.24) is 20.6 Å². The predicted molar refractivity (Wildman–Crippen MR) is 174 cm³/mol. The second kappa shape index (κ2) is 13.9. The second-order valence-corrected chi connectivity index (χ2v) is 11.0. The third-order valence-electron chi connectivity index (χ3n) is 7.37. The van der Waals surface area contributed by atoms with Crippen LogP contribution in [-0.4, -0.2) is 27.7 Å². The number of hydrogen-bond donors (Lipinski definition) is 1. The van der Waals surface area contributed by atoms with E-state index >= 15 is 0 Å². The van der Waals surface area contributed by atoms with Crippen LogP contribution in [0.25, 0.3) is 34.2 Å². The fourth-order valence-electron chi connectivity index (χ4n) is 5.03. The minimum absolute atomic E-state index is 0.0433. The molecule has 0 aliphatic rings. The van der Waals surface area contributed by atoms with Crippen LogP contribution in [0, 0.1) is 0 Å². The molecule has 0 saturated heterocycles. The summed E-state index contributed by atoms with van der Waals surface area (Å²) in [6, 6.07) is 33.1. The summed E-state index contributed by atoms with van der Waals surface area (Å²) >= 11 is 0. The standard InChI is InChI=1S/C37H34N4O5/c1-4-38-36(42)33-32(35-39-37(46-41-35)27-18-12-7-13-19-27)34(45-40-33)29-20-28(24(2)3)30(43-22-25-14-8-5-9-15-25)21-31(29)44-23-26-16-10-6-11-17-26/h5-21,24H,4,22-23H2,1-3H3,(H,38,42). The number of nitrogens with zero attached hydrogens (tertiary/aromatic N) is 3. The Labute approximate surface area is 267 Å². The largest absolute Gasteiger partial charge is 0.488 e. The van der Waals surface area contributed by atoms with Crippen molar-refractivity contribution in [1.29, 1.82) is 0 Å². The lowest BCUT2D eigenvalue weighted by atomic mass is 9.96. The van der Waals surface area contributed by atoms with Gasteiger partial charge in [0.2, 0.25) is 5.82 Å². The Morgan fingerprint density at radius 3 is 2.00 bits per heavy atom. The normalized spacial score (nSPS) is 11.0. The van der Waals surface area contributed by atoms with Crippen molar-refractivity contribution in [2.75, 3.05) is 6.54 Å². The Morgan fingerprint density at radius 1 is 0.783 bits per heavy atom. The Hall–Kier alpha value is -5.70. The molecule has 6 rings (SSSR count). The molecule has 6 aromatic rings. The van der Waals surface area contributed by atoms with E-state index in [1.165, 1.54) is 0 Å². The molecule has 9 nitrogen and oxygen atoms in total. The summed E-state index contributed by atoms with van der Waals surface area (Å²) in [6.07, 6.45) is 0. The molecule has 0 radical (unpaired) electrons. The predicted octanol–water partition coefficient (Wildman–Crippen LogP) is 8.09. The van der Waals surface area contributed by atoms with Crippen molar-refractivity contribution in [3.8, 4) is 45.7 Å². The monoisotopic (exact) mass is 614 g/mol. The SMILES string of the molecule is CCNC(=O)c1noc(-c2cc(C(C)C)c(OCc3ccccc3)cc2OCc2ccccc2)c1-c1noc(-c2ccccc2)n1. The molecule has 2 heterocycles. The summed E-state index contributed by atoms with van der Waals surface area (Å²) in [5.74, 6) is 1.58. The van der Waals surface area contributed by atoms with Crippen LogP contribution in [0.5, 0.6) is 11.5 Å². The number of aromatic nitrogens is 3. The first-order chi connectivity index (χ1) is 22.5. The Bertz CT molecular complexity index is 1900. The van der Waals surface area contributed by atoms with Gasteiger partial charge in [-0.2, -0.15) is 4.98 Å². The Balaban J connectivity index is 1.49. The number of rotatable bonds is 12. The van der Waals surface area contributed by atoms with Crippen molar-refractivity contribution in [3.05, 3.63) is 126 Å². The van der Waals surface area contributed by atoms with Gasteiger partial charge in [-0.3, -0.25) is 4.79 Å². The van der Waals surface area contributed by atoms with E-state index in [2.05, 4.69) is 34.5 Å². The first kappa shape index (κ1) is 30.3. The molecule has 232 valence electrons. The van der Waals surface area contributed by atoms with Crippen LogP contribution in [-0.2, 0) is 13.2 Å². The van der Waals surface area contributed by atoms with Gasteiger partial charge in [0.25, 0.3) is 11.8 Å². The van der Waals surface area contributed by atoms with E-state index in [0.29, 0.717) is 48.3 Å². The summed E-state index contributed by atoms with van der Waals surface area (Å²) in [5, 5.41) is 11.3. The molecular weight excluding hydrogens is 580 g/mol. The average Bonchev–Trinajstić information content (AvgIpc) is 3.76. The van der Waals surface area contributed by atoms with Crippen LogP contribution in [0.2, 0.25) is 0 Å². The zero-order valence-electron chi connectivity index (χ0n) is 25.9. The molecule has 0 aliphatic heterocycles. The molecule has 0 unspecified atom stereocenters. The summed E-state index contributed by atoms with van der Waals surface area (Å²) in [4.78, 5) is 17.9. The van der Waals surface area contributed by atoms with Gasteiger partial charge in [-0.25, -0.2) is 0 Å². The van der Waals surface area contributed by atoms with E-state index in [1.54, 1.807) is 0 Å². The molecule has 9 heteroatoms. The first-order valence-corrected chi connectivity index (χ1v) is 15.2. The second-order valence-electron chi connectivity index (χ2n) is 11.0. The molecular formula is C37H34N4O5. The van der Waals surface area contributed by atoms with Gasteiger partial charge in [0.05, 0.1) is 5.56 Å². The van der Waals surface area contributed by atoms with Crippen molar-refractivity contribution < 1.29 is 23.3 Å². The van der Waals surface area contributed by atoms with Crippen LogP contribution >= 0.6 is 0 Å². The van der Waals surface area contributed by atoms with Crippen molar-refractivity contribution in [2.24, 2.45) is 0 Å². The van der Waals surface area contributed by atoms with E-state index in [-0.39, 0.29) is 23.2 Å². The van der Waals surface area contributed by atoms with Crippen LogP contribution in [0.3, 0.4) is 0 Å². The van der Waals surface area contributed by atoms with Crippen LogP contribution < -0.4 is 14.8 Å². The van der Waals surface area contributed by atoms with Gasteiger partial charge in [0.1, 0.15) is 30.3 Å². The molecule has 4 aromatic carbocycles. The number of amides is 1. The molecule has 46 heavy (non-hydrogen) atoms. The van der Waals surface area contributed by atoms with Gasteiger partial charge >= 0.3 is 0 Å². The number of benzene rings is 4. The smallest absolute Gasteiger partial charge is 0.274 e. The summed E-state index contributed by atoms with van der Waals surface area (Å²) < 4.78 is 24.4. The van der Waals surface area contributed by atoms with Gasteiger partial charge in [-0.15, -0.1) is 0 Å². The van der Waals surface area contributed by atoms with Crippen molar-refractivity contribution in [2.45, 2.75) is 39.9 Å². The average molecular weight is 615 g/mol. The topological polar surface area (TPSA) is 113 Å². The molecule has 0 fully saturated rings. The third-order valence-corrected chi connectivity index (χ3v) is 7.37. The first-order valence-electron chi connectivity index (χ1n) is 15.2. The highest BCUT2D eigenvalue weighted by Crippen LogP contribution is 2.44. The highest BCUT2D eigenvalue weighted by Gasteiger charge is 2.31. The van der Waals surface area contributed by atoms with E-state index in [1.807, 2.05) is 110 Å². The quantitative estimate of drug-likeness (QED) is 0.147. The minimum atomic E-state index is -0.419. The summed E-state index contributed by atoms with van der Waals surface area (Å²) in [6.45, 7) is 7.09. The van der Waals surface area contributed by atoms with Gasteiger partial charge in [0, 0.05) is 18.2 Å². The van der Waals surface area contributed by atoms with Crippen LogP contribution in [0.15, 0.2) is 112 Å². The van der Waals surface area contributed by atoms with E-state index in [0.717, 1.165) is 22.3 Å². The molecule has 0 aliphatic carbocycles. The lowest BCUT2D eigenvalue weighted by molar-refractivity contribution is 0.0947. The lowest BCUT2D eigenvalue weighted by Crippen LogP contribution is -2.23. The number of carbonyl (C=O) groups excluding carboxylic acids is 1. The fourth-order valence-corrected chi connectivity index (χ4v) is 5.03. The molecule has 1 amide bonds. The number of hydrogen-bond acceptors (Lipinski definition) is 8. The van der Waals surface area contributed by atoms with Crippen LogP contribution in [0.4, 0.5) is 0 Å². The van der Waals surface area contributed by atoms with Gasteiger partial charge < -0.3 is 23.8 Å². The van der Waals surface area contributed by atoms with Gasteiger partial charge in [-0.1, -0.05) is 103 Å². The number of ether oxygens (including phenoxy) is 2. The van der Waals surface area contributed by atoms with Crippen molar-refractivity contribution >= 4 is 5.91 Å². The Kier molecular flexibility index (Phi) is 9.19. The molecule has 0 atom stereocenters. The summed E-state index contributed by atoms with van der Waals surface area (Å²) in [5.41, 5.74) is 4.63. The van der Waals surface area contributed by atoms with Crippen molar-refractivity contribution in [3.63, 3.8) is 0 Å². The zero-order chi connectivity index (χ0) is 31.9. The maximum atomic E-state index is 13.2. The van der Waals surface area contributed by atoms with E-state index in [4.69, 9.17) is 18.5 Å². The number of nitrogens with one attached hydrogen (secondary N) is 1. The van der Waals surface area contributed by atoms with Gasteiger partial charge in [0.15, 0.2) is 11.5 Å². The lowest BCUT2D eigenvalue weighted by Gasteiger charge is -2.19. The highest BCUT2D eigenvalue weighted by atomic mass is 16.5. The highest BCUT2D eigenvalue weighted by molar-refractivity contribution is 6.01. The van der Waals surface area contributed by atoms with Crippen LogP contribution in [0.1, 0.15) is 53.9 Å². The molecule has 0 bridgehead atoms. The van der Waals surface area contributed by atoms with E-state index < -0.39 is 5.91 Å². The van der Waals surface area contributed by atoms with E-state index in [9.17, 15) is 4.79 Å². The third kappa shape index (κ3) is 6.68. The zero-order valence-corrected chi connectivity index (χ0v) is 25.9. The summed E-state index contributed by atoms with van der Waals surface area (Å²) in [7, 11) is 0. The minimum Gasteiger partial charge on any atom is -0.488 e. The molecule has 0 saturated carbocycles. The molecule has 1 N–H and O–H groups in total. The van der Waals surface area contributed by atoms with Gasteiger partial charge in [-0.05, 0) is 47.7 Å². The maximum absolute atomic E-state index is 13.2. The maximum Gasteiger partial charge on any atom is 0.274 e.